The lowest BCUT2D eigenvalue weighted by atomic mass is 10.4. The van der Waals surface area contributed by atoms with Crippen LogP contribution in [0.2, 0.25) is 0 Å². The van der Waals surface area contributed by atoms with Gasteiger partial charge >= 0.3 is 0 Å². The van der Waals surface area contributed by atoms with Gasteiger partial charge in [0, 0.05) is 27.8 Å². The van der Waals surface area contributed by atoms with E-state index in [1.165, 1.54) is 13.1 Å². The summed E-state index contributed by atoms with van der Waals surface area (Å²) in [4.78, 5) is 1.56. The quantitative estimate of drug-likeness (QED) is 0.528. The number of nitrogens with one attached hydrogen (secondary N) is 1. The number of methoxy groups -OCH3 is 3. The van der Waals surface area contributed by atoms with Gasteiger partial charge in [-0.15, -0.1) is 0 Å². The van der Waals surface area contributed by atoms with Crippen molar-refractivity contribution in [3.8, 4) is 0 Å². The van der Waals surface area contributed by atoms with Crippen molar-refractivity contribution in [1.82, 2.24) is 0 Å². The number of ether oxygens (including phenoxy) is 4. The monoisotopic (exact) mass is 266 g/mol. The standard InChI is InChI=1S/C9H21NO2.C4H10O2/c1-4-10(2)6-5-7-12-9-8-11-3;1-5-3-4-6-2/h4-9H2,1-3H3;3-4H2,1-2H3/p+1. The van der Waals surface area contributed by atoms with Crippen LogP contribution in [0.5, 0.6) is 0 Å². The molecule has 0 aliphatic carbocycles. The molecule has 0 aliphatic heterocycles. The van der Waals surface area contributed by atoms with Gasteiger partial charge < -0.3 is 23.8 Å². The molecule has 0 saturated carbocycles. The molecule has 0 aromatic rings. The Morgan fingerprint density at radius 2 is 1.28 bits per heavy atom. The van der Waals surface area contributed by atoms with Crippen LogP contribution in [0.25, 0.3) is 0 Å². The third kappa shape index (κ3) is 21.1. The minimum atomic E-state index is 0.691. The van der Waals surface area contributed by atoms with E-state index in [2.05, 4.69) is 23.4 Å². The second kappa shape index (κ2) is 19.1. The first-order chi connectivity index (χ1) is 8.72. The minimum absolute atomic E-state index is 0.691. The predicted molar refractivity (Wildman–Crippen MR) is 73.4 cm³/mol. The smallest absolute Gasteiger partial charge is 0.0791 e. The number of quaternary nitrogens is 1. The normalized spacial score (nSPS) is 11.8. The summed E-state index contributed by atoms with van der Waals surface area (Å²) in [5.74, 6) is 0. The molecule has 0 spiro atoms. The largest absolute Gasteiger partial charge is 0.382 e. The van der Waals surface area contributed by atoms with Gasteiger partial charge in [0.25, 0.3) is 0 Å². The van der Waals surface area contributed by atoms with Crippen molar-refractivity contribution in [3.63, 3.8) is 0 Å². The van der Waals surface area contributed by atoms with E-state index in [1.54, 1.807) is 26.2 Å². The second-order valence-electron chi connectivity index (χ2n) is 4.00. The van der Waals surface area contributed by atoms with Crippen LogP contribution in [0.4, 0.5) is 0 Å². The van der Waals surface area contributed by atoms with Crippen molar-refractivity contribution in [2.24, 2.45) is 0 Å². The molecule has 5 heteroatoms. The predicted octanol–water partition coefficient (Wildman–Crippen LogP) is -0.147. The lowest BCUT2D eigenvalue weighted by molar-refractivity contribution is -0.877. The third-order valence-electron chi connectivity index (χ3n) is 2.42. The van der Waals surface area contributed by atoms with Crippen molar-refractivity contribution in [2.75, 3.05) is 74.5 Å². The van der Waals surface area contributed by atoms with E-state index in [0.717, 1.165) is 19.6 Å². The zero-order chi connectivity index (χ0) is 14.1. The molecule has 112 valence electrons. The molecule has 0 saturated heterocycles. The highest BCUT2D eigenvalue weighted by atomic mass is 16.5. The molecule has 0 rings (SSSR count). The van der Waals surface area contributed by atoms with Crippen LogP contribution in [0.1, 0.15) is 13.3 Å². The Labute approximate surface area is 112 Å². The highest BCUT2D eigenvalue weighted by Crippen LogP contribution is 1.79. The Hall–Kier alpha value is -0.200. The third-order valence-corrected chi connectivity index (χ3v) is 2.42. The van der Waals surface area contributed by atoms with Crippen molar-refractivity contribution < 1.29 is 23.8 Å². The maximum Gasteiger partial charge on any atom is 0.0791 e. The summed E-state index contributed by atoms with van der Waals surface area (Å²) in [5, 5.41) is 0. The molecule has 18 heavy (non-hydrogen) atoms. The highest BCUT2D eigenvalue weighted by Gasteiger charge is 1.96. The SMILES string of the molecule is CC[NH+](C)CCCOCCOC.COCCOC. The van der Waals surface area contributed by atoms with Gasteiger partial charge in [0.15, 0.2) is 0 Å². The number of rotatable bonds is 11. The van der Waals surface area contributed by atoms with E-state index in [9.17, 15) is 0 Å². The van der Waals surface area contributed by atoms with Crippen LogP contribution in [-0.2, 0) is 18.9 Å². The summed E-state index contributed by atoms with van der Waals surface area (Å²) in [6, 6.07) is 0. The van der Waals surface area contributed by atoms with E-state index in [0.29, 0.717) is 19.8 Å². The molecule has 1 unspecified atom stereocenters. The summed E-state index contributed by atoms with van der Waals surface area (Å²) in [6.45, 7) is 8.26. The summed E-state index contributed by atoms with van der Waals surface area (Å²) in [6.07, 6.45) is 1.14. The fourth-order valence-electron chi connectivity index (χ4n) is 1.06. The average Bonchev–Trinajstić information content (AvgIpc) is 2.40. The number of hydrogen-bond acceptors (Lipinski definition) is 4. The first-order valence-corrected chi connectivity index (χ1v) is 6.58. The topological polar surface area (TPSA) is 41.4 Å². The molecule has 0 bridgehead atoms. The second-order valence-corrected chi connectivity index (χ2v) is 4.00. The fraction of sp³-hybridized carbons (Fsp3) is 1.00. The van der Waals surface area contributed by atoms with Crippen molar-refractivity contribution in [2.45, 2.75) is 13.3 Å². The molecule has 0 radical (unpaired) electrons. The van der Waals surface area contributed by atoms with E-state index in [4.69, 9.17) is 9.47 Å². The van der Waals surface area contributed by atoms with E-state index < -0.39 is 0 Å². The maximum atomic E-state index is 5.33. The Balaban J connectivity index is 0. The van der Waals surface area contributed by atoms with Gasteiger partial charge in [0.2, 0.25) is 0 Å². The van der Waals surface area contributed by atoms with Crippen LogP contribution in [0.3, 0.4) is 0 Å². The Morgan fingerprint density at radius 3 is 1.72 bits per heavy atom. The Bertz CT molecular complexity index is 132. The van der Waals surface area contributed by atoms with Crippen LogP contribution >= 0.6 is 0 Å². The molecule has 0 amide bonds. The van der Waals surface area contributed by atoms with Gasteiger partial charge in [-0.05, 0) is 6.92 Å². The molecular weight excluding hydrogens is 234 g/mol. The summed E-state index contributed by atoms with van der Waals surface area (Å²) >= 11 is 0. The Kier molecular flexibility index (Phi) is 21.4. The average molecular weight is 266 g/mol. The zero-order valence-electron chi connectivity index (χ0n) is 12.8. The molecule has 5 nitrogen and oxygen atoms in total. The lowest BCUT2D eigenvalue weighted by Gasteiger charge is -2.10. The van der Waals surface area contributed by atoms with Gasteiger partial charge in [-0.3, -0.25) is 0 Å². The summed E-state index contributed by atoms with van der Waals surface area (Å²) in [5.41, 5.74) is 0. The molecule has 0 heterocycles. The molecule has 1 N–H and O–H groups in total. The van der Waals surface area contributed by atoms with Crippen molar-refractivity contribution in [3.05, 3.63) is 0 Å². The molecule has 0 aromatic carbocycles. The first kappa shape index (κ1) is 20.1. The minimum Gasteiger partial charge on any atom is -0.382 e. The van der Waals surface area contributed by atoms with Crippen LogP contribution in [0.15, 0.2) is 0 Å². The van der Waals surface area contributed by atoms with Crippen molar-refractivity contribution in [1.29, 1.82) is 0 Å². The van der Waals surface area contributed by atoms with Gasteiger partial charge in [0.05, 0.1) is 53.2 Å². The van der Waals surface area contributed by atoms with Gasteiger partial charge in [-0.1, -0.05) is 0 Å². The van der Waals surface area contributed by atoms with Crippen LogP contribution in [-0.4, -0.2) is 74.5 Å². The molecule has 0 aromatic heterocycles. The van der Waals surface area contributed by atoms with Crippen molar-refractivity contribution >= 4 is 0 Å². The van der Waals surface area contributed by atoms with Gasteiger partial charge in [-0.2, -0.15) is 0 Å². The highest BCUT2D eigenvalue weighted by molar-refractivity contribution is 4.32. The summed E-state index contributed by atoms with van der Waals surface area (Å²) in [7, 11) is 7.20. The zero-order valence-corrected chi connectivity index (χ0v) is 12.8. The van der Waals surface area contributed by atoms with Gasteiger partial charge in [0.1, 0.15) is 0 Å². The van der Waals surface area contributed by atoms with Crippen LogP contribution in [0, 0.1) is 0 Å². The molecule has 1 atom stereocenters. The molecule has 0 fully saturated rings. The van der Waals surface area contributed by atoms with E-state index in [1.807, 2.05) is 0 Å². The maximum absolute atomic E-state index is 5.33. The van der Waals surface area contributed by atoms with E-state index in [-0.39, 0.29) is 0 Å². The fourth-order valence-corrected chi connectivity index (χ4v) is 1.06. The first-order valence-electron chi connectivity index (χ1n) is 6.58. The van der Waals surface area contributed by atoms with Crippen LogP contribution < -0.4 is 4.90 Å². The lowest BCUT2D eigenvalue weighted by Crippen LogP contribution is -3.08. The van der Waals surface area contributed by atoms with E-state index >= 15 is 0 Å². The Morgan fingerprint density at radius 1 is 0.778 bits per heavy atom. The molecular formula is C13H32NO4+. The summed E-state index contributed by atoms with van der Waals surface area (Å²) < 4.78 is 19.5. The molecule has 0 aliphatic rings. The number of hydrogen-bond donors (Lipinski definition) is 1. The van der Waals surface area contributed by atoms with Gasteiger partial charge in [-0.25, -0.2) is 0 Å².